The van der Waals surface area contributed by atoms with Crippen LogP contribution >= 0.6 is 12.6 Å². The van der Waals surface area contributed by atoms with E-state index >= 15 is 0 Å². The summed E-state index contributed by atoms with van der Waals surface area (Å²) in [6, 6.07) is 0.625. The fraction of sp³-hybridized carbons (Fsp3) is 1.00. The predicted octanol–water partition coefficient (Wildman–Crippen LogP) is 3.37. The zero-order valence-corrected chi connectivity index (χ0v) is 12.9. The standard InChI is InChI=1S/C15H29NOS/c1-3-14-10-17-13(2)9-16(14)11-15(12-18)7-5-4-6-8-15/h13-14,18H,3-12H2,1-2H3. The fourth-order valence-corrected chi connectivity index (χ4v) is 4.00. The van der Waals surface area contributed by atoms with Gasteiger partial charge in [-0.05, 0) is 37.4 Å². The minimum absolute atomic E-state index is 0.397. The van der Waals surface area contributed by atoms with Gasteiger partial charge >= 0.3 is 0 Å². The highest BCUT2D eigenvalue weighted by Crippen LogP contribution is 2.39. The van der Waals surface area contributed by atoms with Crippen molar-refractivity contribution in [3.8, 4) is 0 Å². The van der Waals surface area contributed by atoms with E-state index in [1.165, 1.54) is 45.1 Å². The van der Waals surface area contributed by atoms with Crippen molar-refractivity contribution in [2.24, 2.45) is 5.41 Å². The molecule has 0 spiro atoms. The largest absolute Gasteiger partial charge is 0.376 e. The Kier molecular flexibility index (Phi) is 5.40. The van der Waals surface area contributed by atoms with E-state index in [-0.39, 0.29) is 0 Å². The van der Waals surface area contributed by atoms with Crippen LogP contribution in [0, 0.1) is 5.41 Å². The highest BCUT2D eigenvalue weighted by Gasteiger charge is 2.36. The van der Waals surface area contributed by atoms with Crippen LogP contribution in [0.25, 0.3) is 0 Å². The first-order valence-electron chi connectivity index (χ1n) is 7.65. The van der Waals surface area contributed by atoms with Crippen LogP contribution in [0.2, 0.25) is 0 Å². The van der Waals surface area contributed by atoms with Gasteiger partial charge in [-0.25, -0.2) is 0 Å². The first-order valence-corrected chi connectivity index (χ1v) is 8.29. The van der Waals surface area contributed by atoms with Gasteiger partial charge in [-0.15, -0.1) is 0 Å². The third-order valence-corrected chi connectivity index (χ3v) is 5.51. The molecule has 2 unspecified atom stereocenters. The molecule has 2 rings (SSSR count). The number of hydrogen-bond donors (Lipinski definition) is 1. The average molecular weight is 271 g/mol. The van der Waals surface area contributed by atoms with Gasteiger partial charge in [0.25, 0.3) is 0 Å². The number of ether oxygens (including phenoxy) is 1. The van der Waals surface area contributed by atoms with Crippen LogP contribution < -0.4 is 0 Å². The number of thiol groups is 1. The van der Waals surface area contributed by atoms with Crippen LogP contribution in [0.15, 0.2) is 0 Å². The molecule has 0 radical (unpaired) electrons. The Labute approximate surface area is 118 Å². The molecule has 2 nitrogen and oxygen atoms in total. The SMILES string of the molecule is CCC1COC(C)CN1CC1(CS)CCCCC1. The minimum Gasteiger partial charge on any atom is -0.376 e. The van der Waals surface area contributed by atoms with E-state index in [0.717, 1.165) is 18.9 Å². The van der Waals surface area contributed by atoms with Crippen molar-refractivity contribution in [2.45, 2.75) is 64.5 Å². The molecule has 18 heavy (non-hydrogen) atoms. The minimum atomic E-state index is 0.397. The lowest BCUT2D eigenvalue weighted by Crippen LogP contribution is -2.53. The molecule has 1 aliphatic heterocycles. The van der Waals surface area contributed by atoms with Gasteiger partial charge < -0.3 is 4.74 Å². The lowest BCUT2D eigenvalue weighted by molar-refractivity contribution is -0.0704. The van der Waals surface area contributed by atoms with Gasteiger partial charge in [0.2, 0.25) is 0 Å². The second-order valence-electron chi connectivity index (χ2n) is 6.35. The lowest BCUT2D eigenvalue weighted by atomic mass is 9.75. The molecule has 3 heteroatoms. The summed E-state index contributed by atoms with van der Waals surface area (Å²) >= 11 is 4.67. The Morgan fingerprint density at radius 2 is 2.00 bits per heavy atom. The first kappa shape index (κ1) is 14.7. The van der Waals surface area contributed by atoms with E-state index in [1.54, 1.807) is 0 Å². The summed E-state index contributed by atoms with van der Waals surface area (Å²) in [5.74, 6) is 1.05. The smallest absolute Gasteiger partial charge is 0.0674 e. The summed E-state index contributed by atoms with van der Waals surface area (Å²) in [5.41, 5.74) is 0.478. The highest BCUT2D eigenvalue weighted by molar-refractivity contribution is 7.80. The summed E-state index contributed by atoms with van der Waals surface area (Å²) in [6.45, 7) is 7.75. The second kappa shape index (κ2) is 6.62. The summed E-state index contributed by atoms with van der Waals surface area (Å²) < 4.78 is 5.81. The predicted molar refractivity (Wildman–Crippen MR) is 80.4 cm³/mol. The van der Waals surface area contributed by atoms with Gasteiger partial charge in [-0.3, -0.25) is 4.90 Å². The van der Waals surface area contributed by atoms with E-state index in [1.807, 2.05) is 0 Å². The molecule has 0 aromatic heterocycles. The number of nitrogens with zero attached hydrogens (tertiary/aromatic N) is 1. The monoisotopic (exact) mass is 271 g/mol. The van der Waals surface area contributed by atoms with Crippen LogP contribution in [0.3, 0.4) is 0 Å². The molecule has 1 heterocycles. The van der Waals surface area contributed by atoms with Crippen molar-refractivity contribution in [2.75, 3.05) is 25.4 Å². The zero-order valence-electron chi connectivity index (χ0n) is 12.0. The van der Waals surface area contributed by atoms with Crippen molar-refractivity contribution in [3.05, 3.63) is 0 Å². The topological polar surface area (TPSA) is 12.5 Å². The van der Waals surface area contributed by atoms with Crippen LogP contribution in [-0.2, 0) is 4.74 Å². The molecular formula is C15H29NOS. The van der Waals surface area contributed by atoms with Crippen molar-refractivity contribution in [1.82, 2.24) is 4.90 Å². The molecule has 2 atom stereocenters. The van der Waals surface area contributed by atoms with E-state index < -0.39 is 0 Å². The van der Waals surface area contributed by atoms with Gasteiger partial charge in [-0.1, -0.05) is 26.2 Å². The number of hydrogen-bond acceptors (Lipinski definition) is 3. The molecule has 0 N–H and O–H groups in total. The Morgan fingerprint density at radius 1 is 1.28 bits per heavy atom. The van der Waals surface area contributed by atoms with Gasteiger partial charge in [0.15, 0.2) is 0 Å². The molecular weight excluding hydrogens is 242 g/mol. The number of rotatable bonds is 4. The maximum atomic E-state index is 5.81. The molecule has 1 saturated heterocycles. The second-order valence-corrected chi connectivity index (χ2v) is 6.67. The Morgan fingerprint density at radius 3 is 2.61 bits per heavy atom. The van der Waals surface area contributed by atoms with Gasteiger partial charge in [0, 0.05) is 19.1 Å². The molecule has 106 valence electrons. The van der Waals surface area contributed by atoms with Crippen LogP contribution in [0.5, 0.6) is 0 Å². The lowest BCUT2D eigenvalue weighted by Gasteiger charge is -2.46. The fourth-order valence-electron chi connectivity index (χ4n) is 3.58. The van der Waals surface area contributed by atoms with E-state index in [0.29, 0.717) is 17.6 Å². The molecule has 1 aliphatic carbocycles. The van der Waals surface area contributed by atoms with Crippen molar-refractivity contribution in [1.29, 1.82) is 0 Å². The molecule has 0 aromatic carbocycles. The van der Waals surface area contributed by atoms with E-state index in [9.17, 15) is 0 Å². The Bertz CT molecular complexity index is 253. The molecule has 0 aromatic rings. The molecule has 2 aliphatic rings. The highest BCUT2D eigenvalue weighted by atomic mass is 32.1. The Hall–Kier alpha value is 0.270. The van der Waals surface area contributed by atoms with Gasteiger partial charge in [0.1, 0.15) is 0 Å². The van der Waals surface area contributed by atoms with E-state index in [2.05, 4.69) is 31.4 Å². The Balaban J connectivity index is 1.99. The molecule has 0 bridgehead atoms. The third kappa shape index (κ3) is 3.43. The van der Waals surface area contributed by atoms with Crippen molar-refractivity contribution >= 4 is 12.6 Å². The maximum Gasteiger partial charge on any atom is 0.0674 e. The molecule has 1 saturated carbocycles. The van der Waals surface area contributed by atoms with Crippen molar-refractivity contribution < 1.29 is 4.74 Å². The summed E-state index contributed by atoms with van der Waals surface area (Å²) in [6.07, 6.45) is 8.57. The van der Waals surface area contributed by atoms with Gasteiger partial charge in [-0.2, -0.15) is 12.6 Å². The quantitative estimate of drug-likeness (QED) is 0.787. The van der Waals surface area contributed by atoms with Crippen molar-refractivity contribution in [3.63, 3.8) is 0 Å². The third-order valence-electron chi connectivity index (χ3n) is 4.84. The first-order chi connectivity index (χ1) is 8.69. The maximum absolute atomic E-state index is 5.81. The zero-order chi connectivity index (χ0) is 13.0. The summed E-state index contributed by atoms with van der Waals surface area (Å²) in [7, 11) is 0. The summed E-state index contributed by atoms with van der Waals surface area (Å²) in [4.78, 5) is 2.69. The molecule has 2 fully saturated rings. The van der Waals surface area contributed by atoms with Crippen LogP contribution in [0.1, 0.15) is 52.4 Å². The van der Waals surface area contributed by atoms with Crippen LogP contribution in [0.4, 0.5) is 0 Å². The number of morpholine rings is 1. The van der Waals surface area contributed by atoms with E-state index in [4.69, 9.17) is 4.74 Å². The normalized spacial score (nSPS) is 33.5. The van der Waals surface area contributed by atoms with Crippen LogP contribution in [-0.4, -0.2) is 42.5 Å². The van der Waals surface area contributed by atoms with Gasteiger partial charge in [0.05, 0.1) is 12.7 Å². The molecule has 0 amide bonds. The summed E-state index contributed by atoms with van der Waals surface area (Å²) in [5, 5.41) is 0. The average Bonchev–Trinajstić information content (AvgIpc) is 2.40.